The van der Waals surface area contributed by atoms with E-state index in [-0.39, 0.29) is 0 Å². The molecule has 0 rings (SSSR count). The molecule has 0 aliphatic carbocycles. The highest BCUT2D eigenvalue weighted by atomic mass is 14.5. The third-order valence-electron chi connectivity index (χ3n) is 3.13. The predicted octanol–water partition coefficient (Wildman–Crippen LogP) is 3.04. The van der Waals surface area contributed by atoms with E-state index in [1.807, 2.05) is 0 Å². The molecule has 0 saturated heterocycles. The summed E-state index contributed by atoms with van der Waals surface area (Å²) in [7, 11) is 0. The van der Waals surface area contributed by atoms with Crippen molar-refractivity contribution in [3.8, 4) is 0 Å². The average molecular weight is 171 g/mol. The van der Waals surface area contributed by atoms with Gasteiger partial charge in [0.15, 0.2) is 0 Å². The van der Waals surface area contributed by atoms with Gasteiger partial charge in [-0.05, 0) is 30.7 Å². The lowest BCUT2D eigenvalue weighted by molar-refractivity contribution is 0.326. The molecule has 1 unspecified atom stereocenters. The minimum Gasteiger partial charge on any atom is -0.330 e. The largest absolute Gasteiger partial charge is 0.330 e. The fourth-order valence-electron chi connectivity index (χ4n) is 1.35. The van der Waals surface area contributed by atoms with Crippen LogP contribution in [0.3, 0.4) is 0 Å². The summed E-state index contributed by atoms with van der Waals surface area (Å²) in [5, 5.41) is 0. The number of hydrogen-bond acceptors (Lipinski definition) is 1. The molecule has 1 heteroatoms. The monoisotopic (exact) mass is 171 g/mol. The molecular formula is C11H25N. The Balaban J connectivity index is 3.49. The van der Waals surface area contributed by atoms with Crippen LogP contribution >= 0.6 is 0 Å². The highest BCUT2D eigenvalue weighted by Gasteiger charge is 2.10. The van der Waals surface area contributed by atoms with Gasteiger partial charge in [-0.3, -0.25) is 0 Å². The maximum absolute atomic E-state index is 5.57. The standard InChI is InChI=1S/C11H25N/c1-5-10(3)11(4)7-6-9(2)8-12/h9-11H,5-8,12H2,1-4H3/t9-,10?,11+/m1/s1. The molecule has 0 amide bonds. The fraction of sp³-hybridized carbons (Fsp3) is 1.00. The highest BCUT2D eigenvalue weighted by Crippen LogP contribution is 2.21. The summed E-state index contributed by atoms with van der Waals surface area (Å²) in [5.41, 5.74) is 5.57. The normalized spacial score (nSPS) is 18.8. The first kappa shape index (κ1) is 12.0. The third kappa shape index (κ3) is 4.76. The Hall–Kier alpha value is -0.0400. The minimum atomic E-state index is 0.705. The summed E-state index contributed by atoms with van der Waals surface area (Å²) in [4.78, 5) is 0. The Morgan fingerprint density at radius 3 is 2.00 bits per heavy atom. The van der Waals surface area contributed by atoms with Gasteiger partial charge in [-0.15, -0.1) is 0 Å². The summed E-state index contributed by atoms with van der Waals surface area (Å²) in [6, 6.07) is 0. The maximum Gasteiger partial charge on any atom is -0.00515 e. The van der Waals surface area contributed by atoms with Crippen LogP contribution in [0.25, 0.3) is 0 Å². The Bertz CT molecular complexity index is 101. The van der Waals surface area contributed by atoms with E-state index >= 15 is 0 Å². The van der Waals surface area contributed by atoms with Gasteiger partial charge in [-0.25, -0.2) is 0 Å². The van der Waals surface area contributed by atoms with Crippen molar-refractivity contribution in [1.82, 2.24) is 0 Å². The quantitative estimate of drug-likeness (QED) is 0.653. The van der Waals surface area contributed by atoms with E-state index < -0.39 is 0 Å². The van der Waals surface area contributed by atoms with E-state index in [1.54, 1.807) is 0 Å². The van der Waals surface area contributed by atoms with E-state index in [2.05, 4.69) is 27.7 Å². The smallest absolute Gasteiger partial charge is 0.00515 e. The van der Waals surface area contributed by atoms with Gasteiger partial charge in [-0.2, -0.15) is 0 Å². The van der Waals surface area contributed by atoms with Gasteiger partial charge in [0.1, 0.15) is 0 Å². The van der Waals surface area contributed by atoms with Crippen molar-refractivity contribution in [1.29, 1.82) is 0 Å². The van der Waals surface area contributed by atoms with E-state index in [9.17, 15) is 0 Å². The highest BCUT2D eigenvalue weighted by molar-refractivity contribution is 4.63. The second-order valence-electron chi connectivity index (χ2n) is 4.28. The van der Waals surface area contributed by atoms with Crippen molar-refractivity contribution in [2.45, 2.75) is 47.0 Å². The molecule has 0 bridgehead atoms. The van der Waals surface area contributed by atoms with Gasteiger partial charge in [-0.1, -0.05) is 40.5 Å². The molecule has 0 radical (unpaired) electrons. The zero-order valence-electron chi connectivity index (χ0n) is 9.14. The minimum absolute atomic E-state index is 0.705. The van der Waals surface area contributed by atoms with E-state index in [1.165, 1.54) is 19.3 Å². The van der Waals surface area contributed by atoms with Crippen molar-refractivity contribution >= 4 is 0 Å². The molecule has 0 aromatic rings. The van der Waals surface area contributed by atoms with Crippen LogP contribution < -0.4 is 5.73 Å². The van der Waals surface area contributed by atoms with Crippen LogP contribution in [0.2, 0.25) is 0 Å². The lowest BCUT2D eigenvalue weighted by atomic mass is 9.87. The lowest BCUT2D eigenvalue weighted by Gasteiger charge is -2.19. The van der Waals surface area contributed by atoms with Crippen LogP contribution in [-0.4, -0.2) is 6.54 Å². The molecule has 0 aromatic carbocycles. The third-order valence-corrected chi connectivity index (χ3v) is 3.13. The van der Waals surface area contributed by atoms with Crippen LogP contribution in [0.5, 0.6) is 0 Å². The molecule has 0 saturated carbocycles. The molecule has 2 N–H and O–H groups in total. The molecule has 0 fully saturated rings. The molecule has 12 heavy (non-hydrogen) atoms. The molecule has 3 atom stereocenters. The molecule has 74 valence electrons. The topological polar surface area (TPSA) is 26.0 Å². The van der Waals surface area contributed by atoms with E-state index in [0.29, 0.717) is 5.92 Å². The van der Waals surface area contributed by atoms with Gasteiger partial charge in [0.05, 0.1) is 0 Å². The summed E-state index contributed by atoms with van der Waals surface area (Å²) >= 11 is 0. The van der Waals surface area contributed by atoms with Gasteiger partial charge >= 0.3 is 0 Å². The Labute approximate surface area is 77.7 Å². The molecule has 0 aliphatic rings. The first-order valence-corrected chi connectivity index (χ1v) is 5.31. The Morgan fingerprint density at radius 1 is 1.00 bits per heavy atom. The lowest BCUT2D eigenvalue weighted by Crippen LogP contribution is -2.14. The van der Waals surface area contributed by atoms with Crippen molar-refractivity contribution in [3.05, 3.63) is 0 Å². The summed E-state index contributed by atoms with van der Waals surface area (Å²) in [6.45, 7) is 10.1. The number of rotatable bonds is 6. The predicted molar refractivity (Wildman–Crippen MR) is 56.1 cm³/mol. The average Bonchev–Trinajstić information content (AvgIpc) is 2.11. The molecule has 0 aliphatic heterocycles. The summed E-state index contributed by atoms with van der Waals surface area (Å²) in [6.07, 6.45) is 3.94. The Kier molecular flexibility index (Phi) is 6.45. The van der Waals surface area contributed by atoms with Crippen molar-refractivity contribution < 1.29 is 0 Å². The Morgan fingerprint density at radius 2 is 1.58 bits per heavy atom. The van der Waals surface area contributed by atoms with Gasteiger partial charge in [0.2, 0.25) is 0 Å². The zero-order valence-corrected chi connectivity index (χ0v) is 9.14. The van der Waals surface area contributed by atoms with Crippen LogP contribution in [0.4, 0.5) is 0 Å². The van der Waals surface area contributed by atoms with Crippen molar-refractivity contribution in [2.24, 2.45) is 23.5 Å². The summed E-state index contributed by atoms with van der Waals surface area (Å²) in [5.74, 6) is 2.44. The van der Waals surface area contributed by atoms with Crippen molar-refractivity contribution in [3.63, 3.8) is 0 Å². The number of hydrogen-bond donors (Lipinski definition) is 1. The molecular weight excluding hydrogens is 146 g/mol. The zero-order chi connectivity index (χ0) is 9.56. The number of nitrogens with two attached hydrogens (primary N) is 1. The molecule has 1 nitrogen and oxygen atoms in total. The fourth-order valence-corrected chi connectivity index (χ4v) is 1.35. The molecule has 0 heterocycles. The van der Waals surface area contributed by atoms with E-state index in [0.717, 1.165) is 18.4 Å². The van der Waals surface area contributed by atoms with Crippen LogP contribution in [0.1, 0.15) is 47.0 Å². The second-order valence-corrected chi connectivity index (χ2v) is 4.28. The van der Waals surface area contributed by atoms with Crippen LogP contribution in [0, 0.1) is 17.8 Å². The molecule has 0 aromatic heterocycles. The first-order chi connectivity index (χ1) is 5.61. The van der Waals surface area contributed by atoms with Gasteiger partial charge in [0, 0.05) is 0 Å². The van der Waals surface area contributed by atoms with Crippen LogP contribution in [0.15, 0.2) is 0 Å². The maximum atomic E-state index is 5.57. The van der Waals surface area contributed by atoms with E-state index in [4.69, 9.17) is 5.73 Å². The molecule has 0 spiro atoms. The van der Waals surface area contributed by atoms with Crippen molar-refractivity contribution in [2.75, 3.05) is 6.54 Å². The first-order valence-electron chi connectivity index (χ1n) is 5.31. The van der Waals surface area contributed by atoms with Gasteiger partial charge < -0.3 is 5.73 Å². The second kappa shape index (κ2) is 6.47. The summed E-state index contributed by atoms with van der Waals surface area (Å²) < 4.78 is 0. The van der Waals surface area contributed by atoms with Gasteiger partial charge in [0.25, 0.3) is 0 Å². The SMILES string of the molecule is CCC(C)[C@@H](C)CC[C@@H](C)CN. The van der Waals surface area contributed by atoms with Crippen LogP contribution in [-0.2, 0) is 0 Å².